The van der Waals surface area contributed by atoms with E-state index < -0.39 is 23.8 Å². The summed E-state index contributed by atoms with van der Waals surface area (Å²) in [5.74, 6) is -0.751. The van der Waals surface area contributed by atoms with E-state index in [4.69, 9.17) is 27.9 Å². The highest BCUT2D eigenvalue weighted by Crippen LogP contribution is 2.28. The molecule has 0 amide bonds. The Morgan fingerprint density at radius 3 is 2.62 bits per heavy atom. The number of pyridine rings is 1. The Balaban J connectivity index is 2.33. The van der Waals surface area contributed by atoms with Crippen molar-refractivity contribution in [2.75, 3.05) is 6.61 Å². The second-order valence-electron chi connectivity index (χ2n) is 6.61. The summed E-state index contributed by atoms with van der Waals surface area (Å²) >= 11 is 11.9. The van der Waals surface area contributed by atoms with Crippen LogP contribution in [0.15, 0.2) is 23.0 Å². The van der Waals surface area contributed by atoms with Crippen LogP contribution in [0.5, 0.6) is 11.6 Å². The van der Waals surface area contributed by atoms with E-state index in [2.05, 4.69) is 6.92 Å². The summed E-state index contributed by atoms with van der Waals surface area (Å²) in [4.78, 5) is 25.3. The predicted octanol–water partition coefficient (Wildman–Crippen LogP) is 4.88. The molecule has 154 valence electrons. The molecule has 2 aromatic rings. The topological polar surface area (TPSA) is 92.3 Å². The number of Topliss-reactive ketones (excluding diaryl/α,β-unsaturated/α-hetero) is 1. The molecule has 0 saturated heterocycles. The number of hydrogen-bond donors (Lipinski definition) is 1. The lowest BCUT2D eigenvalue weighted by Gasteiger charge is -2.16. The summed E-state index contributed by atoms with van der Waals surface area (Å²) < 4.78 is 6.54. The van der Waals surface area contributed by atoms with Gasteiger partial charge in [0.25, 0.3) is 5.56 Å². The molecule has 29 heavy (non-hydrogen) atoms. The van der Waals surface area contributed by atoms with E-state index >= 15 is 0 Å². The Morgan fingerprint density at radius 1 is 1.28 bits per heavy atom. The van der Waals surface area contributed by atoms with Gasteiger partial charge >= 0.3 is 0 Å². The first-order valence-electron chi connectivity index (χ1n) is 9.29. The van der Waals surface area contributed by atoms with Crippen molar-refractivity contribution >= 4 is 29.0 Å². The third kappa shape index (κ3) is 5.31. The number of carbonyl (C=O) groups excluding carboxylic acids is 1. The van der Waals surface area contributed by atoms with Gasteiger partial charge in [0.2, 0.25) is 11.7 Å². The highest BCUT2D eigenvalue weighted by molar-refractivity contribution is 6.35. The van der Waals surface area contributed by atoms with Crippen molar-refractivity contribution in [1.29, 1.82) is 5.26 Å². The zero-order chi connectivity index (χ0) is 21.6. The minimum atomic E-state index is -0.600. The van der Waals surface area contributed by atoms with Crippen LogP contribution >= 0.6 is 23.2 Å². The number of nitrogens with zero attached hydrogens (tertiary/aromatic N) is 2. The van der Waals surface area contributed by atoms with Gasteiger partial charge in [0.15, 0.2) is 6.61 Å². The van der Waals surface area contributed by atoms with Crippen molar-refractivity contribution in [3.63, 3.8) is 0 Å². The molecule has 1 N–H and O–H groups in total. The van der Waals surface area contributed by atoms with Crippen LogP contribution in [-0.2, 0) is 6.54 Å². The van der Waals surface area contributed by atoms with E-state index in [-0.39, 0.29) is 34.0 Å². The summed E-state index contributed by atoms with van der Waals surface area (Å²) in [7, 11) is 0. The third-order valence-electron chi connectivity index (χ3n) is 4.57. The standard InChI is InChI=1S/C21H22Cl2N2O4/c1-3-4-5-6-9-25-20(27)15(11-24)13(2)19(21(25)28)17(26)12-29-18-8-7-14(22)10-16(18)23/h7-8,10,28H,3-6,9,12H2,1-2H3. The second-order valence-corrected chi connectivity index (χ2v) is 7.46. The first-order chi connectivity index (χ1) is 13.8. The maximum atomic E-state index is 12.8. The van der Waals surface area contributed by atoms with Crippen molar-refractivity contribution < 1.29 is 14.6 Å². The Kier molecular flexibility index (Phi) is 8.12. The fourth-order valence-corrected chi connectivity index (χ4v) is 3.46. The average Bonchev–Trinajstić information content (AvgIpc) is 2.67. The van der Waals surface area contributed by atoms with Crippen molar-refractivity contribution in [2.24, 2.45) is 0 Å². The van der Waals surface area contributed by atoms with Crippen LogP contribution in [-0.4, -0.2) is 22.1 Å². The number of ether oxygens (including phenoxy) is 1. The van der Waals surface area contributed by atoms with E-state index in [9.17, 15) is 20.0 Å². The maximum Gasteiger partial charge on any atom is 0.271 e. The van der Waals surface area contributed by atoms with Crippen molar-refractivity contribution in [3.05, 3.63) is 55.3 Å². The lowest BCUT2D eigenvalue weighted by molar-refractivity contribution is 0.0916. The Hall–Kier alpha value is -2.49. The van der Waals surface area contributed by atoms with Gasteiger partial charge in [0, 0.05) is 11.6 Å². The number of hydrogen-bond acceptors (Lipinski definition) is 5. The fraction of sp³-hybridized carbons (Fsp3) is 0.381. The van der Waals surface area contributed by atoms with Gasteiger partial charge in [0.05, 0.1) is 10.6 Å². The maximum absolute atomic E-state index is 12.8. The van der Waals surface area contributed by atoms with Crippen LogP contribution < -0.4 is 10.3 Å². The van der Waals surface area contributed by atoms with Gasteiger partial charge < -0.3 is 9.84 Å². The van der Waals surface area contributed by atoms with Gasteiger partial charge in [-0.15, -0.1) is 0 Å². The summed E-state index contributed by atoms with van der Waals surface area (Å²) in [6.07, 6.45) is 3.54. The van der Waals surface area contributed by atoms with Crippen LogP contribution in [0.25, 0.3) is 0 Å². The molecule has 6 nitrogen and oxygen atoms in total. The van der Waals surface area contributed by atoms with Crippen LogP contribution in [0.2, 0.25) is 10.0 Å². The molecule has 0 unspecified atom stereocenters. The number of aromatic nitrogens is 1. The first-order valence-corrected chi connectivity index (χ1v) is 10.0. The predicted molar refractivity (Wildman–Crippen MR) is 112 cm³/mol. The Labute approximate surface area is 179 Å². The SMILES string of the molecule is CCCCCCn1c(O)c(C(=O)COc2ccc(Cl)cc2Cl)c(C)c(C#N)c1=O. The number of benzene rings is 1. The molecule has 0 fully saturated rings. The van der Waals surface area contributed by atoms with E-state index in [0.29, 0.717) is 11.4 Å². The number of halogens is 2. The molecule has 8 heteroatoms. The van der Waals surface area contributed by atoms with Crippen LogP contribution in [0.4, 0.5) is 0 Å². The molecule has 0 atom stereocenters. The van der Waals surface area contributed by atoms with E-state index in [1.54, 1.807) is 6.07 Å². The minimum absolute atomic E-state index is 0.0956. The lowest BCUT2D eigenvalue weighted by atomic mass is 10.0. The molecule has 0 radical (unpaired) electrons. The fourth-order valence-electron chi connectivity index (χ4n) is 3.00. The van der Waals surface area contributed by atoms with E-state index in [0.717, 1.165) is 23.8 Å². The molecular formula is C21H22Cl2N2O4. The minimum Gasteiger partial charge on any atom is -0.494 e. The number of aromatic hydroxyl groups is 1. The number of rotatable bonds is 9. The zero-order valence-electron chi connectivity index (χ0n) is 16.3. The monoisotopic (exact) mass is 436 g/mol. The Morgan fingerprint density at radius 2 is 2.00 bits per heavy atom. The number of ketones is 1. The highest BCUT2D eigenvalue weighted by atomic mass is 35.5. The molecule has 0 aliphatic heterocycles. The number of unbranched alkanes of at least 4 members (excludes halogenated alkanes) is 3. The molecule has 0 saturated carbocycles. The summed E-state index contributed by atoms with van der Waals surface area (Å²) in [6.45, 7) is 3.33. The van der Waals surface area contributed by atoms with Crippen LogP contribution in [0, 0.1) is 18.3 Å². The molecule has 1 aromatic heterocycles. The zero-order valence-corrected chi connectivity index (χ0v) is 17.8. The van der Waals surface area contributed by atoms with Crippen LogP contribution in [0.3, 0.4) is 0 Å². The van der Waals surface area contributed by atoms with Crippen molar-refractivity contribution in [2.45, 2.75) is 46.1 Å². The average molecular weight is 437 g/mol. The molecule has 0 bridgehead atoms. The Bertz CT molecular complexity index is 1010. The molecule has 0 aliphatic carbocycles. The molecule has 1 heterocycles. The quantitative estimate of drug-likeness (QED) is 0.446. The summed E-state index contributed by atoms with van der Waals surface area (Å²) in [6, 6.07) is 6.42. The molecule has 0 aliphatic rings. The van der Waals surface area contributed by atoms with Gasteiger partial charge in [-0.1, -0.05) is 49.4 Å². The largest absolute Gasteiger partial charge is 0.494 e. The molecule has 0 spiro atoms. The van der Waals surface area contributed by atoms with E-state index in [1.165, 1.54) is 19.1 Å². The molecular weight excluding hydrogens is 415 g/mol. The van der Waals surface area contributed by atoms with Gasteiger partial charge in [0.1, 0.15) is 17.4 Å². The normalized spacial score (nSPS) is 10.6. The van der Waals surface area contributed by atoms with Gasteiger partial charge in [-0.2, -0.15) is 5.26 Å². The van der Waals surface area contributed by atoms with Crippen molar-refractivity contribution in [1.82, 2.24) is 4.57 Å². The summed E-state index contributed by atoms with van der Waals surface area (Å²) in [5.41, 5.74) is -0.722. The van der Waals surface area contributed by atoms with E-state index in [1.807, 2.05) is 6.07 Å². The molecule has 2 rings (SSSR count). The smallest absolute Gasteiger partial charge is 0.271 e. The summed E-state index contributed by atoms with van der Waals surface area (Å²) in [5, 5.41) is 20.7. The number of carbonyl (C=O) groups is 1. The highest BCUT2D eigenvalue weighted by Gasteiger charge is 2.24. The lowest BCUT2D eigenvalue weighted by Crippen LogP contribution is -2.27. The third-order valence-corrected chi connectivity index (χ3v) is 5.10. The molecule has 1 aromatic carbocycles. The van der Waals surface area contributed by atoms with Crippen molar-refractivity contribution in [3.8, 4) is 17.7 Å². The number of nitriles is 1. The van der Waals surface area contributed by atoms with Crippen LogP contribution in [0.1, 0.15) is 54.1 Å². The first kappa shape index (κ1) is 22.8. The van der Waals surface area contributed by atoms with Gasteiger partial charge in [-0.05, 0) is 37.1 Å². The van der Waals surface area contributed by atoms with Gasteiger partial charge in [-0.25, -0.2) is 0 Å². The van der Waals surface area contributed by atoms with Gasteiger partial charge in [-0.3, -0.25) is 14.2 Å². The second kappa shape index (κ2) is 10.3.